The van der Waals surface area contributed by atoms with Gasteiger partial charge in [0, 0.05) is 38.6 Å². The number of furan rings is 2. The summed E-state index contributed by atoms with van der Waals surface area (Å²) in [5.74, 6) is 0. The summed E-state index contributed by atoms with van der Waals surface area (Å²) < 4.78 is 12.3. The molecule has 0 aliphatic heterocycles. The van der Waals surface area contributed by atoms with Crippen molar-refractivity contribution in [3.05, 3.63) is 152 Å². The summed E-state index contributed by atoms with van der Waals surface area (Å²) in [6.45, 7) is 0. The van der Waals surface area contributed by atoms with Gasteiger partial charge in [-0.25, -0.2) is 0 Å². The Balaban J connectivity index is 1.24. The van der Waals surface area contributed by atoms with Crippen LogP contribution in [0.4, 0.5) is 17.1 Å². The minimum atomic E-state index is 0.886. The van der Waals surface area contributed by atoms with E-state index in [1.807, 2.05) is 24.3 Å². The summed E-state index contributed by atoms with van der Waals surface area (Å²) in [6.07, 6.45) is 0. The molecule has 9 aromatic rings. The molecule has 0 aliphatic rings. The molecule has 0 amide bonds. The van der Waals surface area contributed by atoms with Crippen molar-refractivity contribution in [1.82, 2.24) is 0 Å². The van der Waals surface area contributed by atoms with E-state index < -0.39 is 0 Å². The van der Waals surface area contributed by atoms with Gasteiger partial charge in [0.25, 0.3) is 0 Å². The lowest BCUT2D eigenvalue weighted by atomic mass is 10.0. The van der Waals surface area contributed by atoms with E-state index >= 15 is 0 Å². The number of anilines is 3. The molecule has 7 aromatic carbocycles. The average molecular weight is 552 g/mol. The predicted octanol–water partition coefficient (Wildman–Crippen LogP) is 11.8. The van der Waals surface area contributed by atoms with Crippen molar-refractivity contribution in [2.75, 3.05) is 4.90 Å². The lowest BCUT2D eigenvalue weighted by Gasteiger charge is -2.26. The first kappa shape index (κ1) is 23.9. The number of rotatable bonds is 4. The van der Waals surface area contributed by atoms with Gasteiger partial charge >= 0.3 is 0 Å². The summed E-state index contributed by atoms with van der Waals surface area (Å²) >= 11 is 0. The number of fused-ring (bicyclic) bond motifs is 7. The molecular formula is C40H25NO2. The van der Waals surface area contributed by atoms with Crippen molar-refractivity contribution in [2.45, 2.75) is 0 Å². The van der Waals surface area contributed by atoms with Gasteiger partial charge in [-0.05, 0) is 88.6 Å². The number of hydrogen-bond acceptors (Lipinski definition) is 3. The average Bonchev–Trinajstić information content (AvgIpc) is 3.62. The van der Waals surface area contributed by atoms with E-state index in [9.17, 15) is 0 Å². The summed E-state index contributed by atoms with van der Waals surface area (Å²) in [4.78, 5) is 2.33. The smallest absolute Gasteiger partial charge is 0.136 e. The maximum absolute atomic E-state index is 6.17. The van der Waals surface area contributed by atoms with Crippen LogP contribution >= 0.6 is 0 Å². The zero-order chi connectivity index (χ0) is 28.3. The molecule has 3 heteroatoms. The topological polar surface area (TPSA) is 29.5 Å². The highest BCUT2D eigenvalue weighted by Gasteiger charge is 2.17. The van der Waals surface area contributed by atoms with Gasteiger partial charge in [-0.3, -0.25) is 0 Å². The van der Waals surface area contributed by atoms with Crippen molar-refractivity contribution >= 4 is 71.7 Å². The van der Waals surface area contributed by atoms with E-state index in [1.54, 1.807) is 0 Å². The molecule has 0 spiro atoms. The van der Waals surface area contributed by atoms with Crippen LogP contribution in [0, 0.1) is 0 Å². The van der Waals surface area contributed by atoms with Crippen LogP contribution in [0.2, 0.25) is 0 Å². The molecule has 9 rings (SSSR count). The van der Waals surface area contributed by atoms with Crippen molar-refractivity contribution in [3.63, 3.8) is 0 Å². The fourth-order valence-corrected chi connectivity index (χ4v) is 6.33. The molecular weight excluding hydrogens is 526 g/mol. The summed E-state index contributed by atoms with van der Waals surface area (Å²) in [5.41, 5.74) is 9.23. The van der Waals surface area contributed by atoms with E-state index in [2.05, 4.69) is 132 Å². The van der Waals surface area contributed by atoms with Crippen molar-refractivity contribution in [3.8, 4) is 11.1 Å². The largest absolute Gasteiger partial charge is 0.456 e. The fourth-order valence-electron chi connectivity index (χ4n) is 6.33. The first-order chi connectivity index (χ1) is 21.3. The van der Waals surface area contributed by atoms with E-state index in [0.717, 1.165) is 71.7 Å². The molecule has 0 N–H and O–H groups in total. The Hall–Kier alpha value is -5.80. The molecule has 202 valence electrons. The highest BCUT2D eigenvalue weighted by Crippen LogP contribution is 2.41. The highest BCUT2D eigenvalue weighted by molar-refractivity contribution is 6.11. The second-order valence-electron chi connectivity index (χ2n) is 11.0. The van der Waals surface area contributed by atoms with E-state index in [-0.39, 0.29) is 0 Å². The minimum Gasteiger partial charge on any atom is -0.456 e. The third-order valence-electron chi connectivity index (χ3n) is 8.43. The molecule has 0 unspecified atom stereocenters. The molecule has 2 aromatic heterocycles. The van der Waals surface area contributed by atoms with Crippen LogP contribution in [0.5, 0.6) is 0 Å². The molecule has 0 aliphatic carbocycles. The first-order valence-electron chi connectivity index (χ1n) is 14.5. The molecule has 3 nitrogen and oxygen atoms in total. The minimum absolute atomic E-state index is 0.886. The Bertz CT molecular complexity index is 2450. The van der Waals surface area contributed by atoms with Crippen LogP contribution in [0.15, 0.2) is 160 Å². The zero-order valence-corrected chi connectivity index (χ0v) is 23.2. The van der Waals surface area contributed by atoms with E-state index in [1.165, 1.54) is 11.1 Å². The lowest BCUT2D eigenvalue weighted by molar-refractivity contribution is 0.669. The van der Waals surface area contributed by atoms with Gasteiger partial charge in [0.15, 0.2) is 0 Å². The summed E-state index contributed by atoms with van der Waals surface area (Å²) in [7, 11) is 0. The molecule has 0 saturated carbocycles. The Kier molecular flexibility index (Phi) is 5.20. The monoisotopic (exact) mass is 551 g/mol. The number of benzene rings is 7. The second-order valence-corrected chi connectivity index (χ2v) is 11.0. The quantitative estimate of drug-likeness (QED) is 0.218. The summed E-state index contributed by atoms with van der Waals surface area (Å²) in [5, 5.41) is 6.79. The summed E-state index contributed by atoms with van der Waals surface area (Å²) in [6, 6.07) is 53.3. The molecule has 0 bridgehead atoms. The van der Waals surface area contributed by atoms with Crippen LogP contribution in [0.1, 0.15) is 0 Å². The molecule has 0 saturated heterocycles. The fraction of sp³-hybridized carbons (Fsp3) is 0. The van der Waals surface area contributed by atoms with Gasteiger partial charge in [0.2, 0.25) is 0 Å². The highest BCUT2D eigenvalue weighted by atomic mass is 16.3. The van der Waals surface area contributed by atoms with Crippen molar-refractivity contribution in [2.24, 2.45) is 0 Å². The Morgan fingerprint density at radius 2 is 0.884 bits per heavy atom. The maximum atomic E-state index is 6.17. The van der Waals surface area contributed by atoms with Gasteiger partial charge in [-0.2, -0.15) is 0 Å². The third kappa shape index (κ3) is 3.90. The van der Waals surface area contributed by atoms with Gasteiger partial charge in [0.05, 0.1) is 0 Å². The SMILES string of the molecule is c1ccc(-c2ccc(N(c3ccc4cc5oc6ccccc6c5cc4c3)c3ccc4oc5ccccc5c4c3)cc2)cc1. The molecule has 0 fully saturated rings. The third-order valence-corrected chi connectivity index (χ3v) is 8.43. The zero-order valence-electron chi connectivity index (χ0n) is 23.2. The van der Waals surface area contributed by atoms with E-state index in [0.29, 0.717) is 0 Å². The van der Waals surface area contributed by atoms with Crippen molar-refractivity contribution in [1.29, 1.82) is 0 Å². The maximum Gasteiger partial charge on any atom is 0.136 e. The Labute approximate surface area is 247 Å². The predicted molar refractivity (Wildman–Crippen MR) is 179 cm³/mol. The Morgan fingerprint density at radius 3 is 1.65 bits per heavy atom. The van der Waals surface area contributed by atoms with Crippen LogP contribution in [0.25, 0.3) is 65.8 Å². The van der Waals surface area contributed by atoms with Crippen LogP contribution < -0.4 is 4.90 Å². The van der Waals surface area contributed by atoms with Crippen LogP contribution in [-0.4, -0.2) is 0 Å². The first-order valence-corrected chi connectivity index (χ1v) is 14.5. The molecule has 0 radical (unpaired) electrons. The van der Waals surface area contributed by atoms with Crippen LogP contribution in [-0.2, 0) is 0 Å². The van der Waals surface area contributed by atoms with E-state index in [4.69, 9.17) is 8.83 Å². The molecule has 0 atom stereocenters. The Morgan fingerprint density at radius 1 is 0.326 bits per heavy atom. The molecule has 2 heterocycles. The normalized spacial score (nSPS) is 11.7. The van der Waals surface area contributed by atoms with Crippen molar-refractivity contribution < 1.29 is 8.83 Å². The van der Waals surface area contributed by atoms with Gasteiger partial charge in [0.1, 0.15) is 22.3 Å². The second kappa shape index (κ2) is 9.37. The standard InChI is InChI=1S/C40H25NO2/c1-2-8-26(9-3-1)27-14-17-30(18-15-27)41(32-20-21-39-36(25-32)34-11-5-6-12-37(34)42-39)31-19-16-28-24-40-35(23-29(28)22-31)33-10-4-7-13-38(33)43-40/h1-25H. The van der Waals surface area contributed by atoms with Gasteiger partial charge in [-0.1, -0.05) is 84.9 Å². The number of para-hydroxylation sites is 2. The van der Waals surface area contributed by atoms with Crippen LogP contribution in [0.3, 0.4) is 0 Å². The number of hydrogen-bond donors (Lipinski definition) is 0. The number of nitrogens with zero attached hydrogens (tertiary/aromatic N) is 1. The van der Waals surface area contributed by atoms with Gasteiger partial charge < -0.3 is 13.7 Å². The van der Waals surface area contributed by atoms with Gasteiger partial charge in [-0.15, -0.1) is 0 Å². The lowest BCUT2D eigenvalue weighted by Crippen LogP contribution is -2.09. The molecule has 43 heavy (non-hydrogen) atoms.